The molecule has 0 radical (unpaired) electrons. The van der Waals surface area contributed by atoms with Crippen LogP contribution in [0.15, 0.2) is 36.5 Å². The number of unbranched alkanes of at least 4 members (excludes halogenated alkanes) is 1. The molecule has 3 atom stereocenters. The molecule has 2 heterocycles. The average molecular weight is 339 g/mol. The monoisotopic (exact) mass is 338 g/mol. The Labute approximate surface area is 132 Å². The highest BCUT2D eigenvalue weighted by molar-refractivity contribution is 9.09. The van der Waals surface area contributed by atoms with E-state index in [1.807, 2.05) is 6.08 Å². The summed E-state index contributed by atoms with van der Waals surface area (Å²) in [6.07, 6.45) is 13.7. The second-order valence-electron chi connectivity index (χ2n) is 6.76. The van der Waals surface area contributed by atoms with Crippen LogP contribution >= 0.6 is 15.9 Å². The largest absolute Gasteiger partial charge is 0.363 e. The molecule has 0 amide bonds. The van der Waals surface area contributed by atoms with Gasteiger partial charge in [0.2, 0.25) is 0 Å². The summed E-state index contributed by atoms with van der Waals surface area (Å²) in [7, 11) is 0. The van der Waals surface area contributed by atoms with Crippen LogP contribution in [-0.2, 0) is 4.74 Å². The van der Waals surface area contributed by atoms with Gasteiger partial charge in [0, 0.05) is 5.33 Å². The third-order valence-electron chi connectivity index (χ3n) is 5.05. The number of hydrogen-bond acceptors (Lipinski definition) is 1. The zero-order chi connectivity index (χ0) is 14.8. The van der Waals surface area contributed by atoms with Gasteiger partial charge in [0.05, 0.1) is 11.7 Å². The van der Waals surface area contributed by atoms with Gasteiger partial charge in [-0.1, -0.05) is 54.1 Å². The molecule has 2 heteroatoms. The van der Waals surface area contributed by atoms with Crippen molar-refractivity contribution in [2.24, 2.45) is 11.3 Å². The number of alkyl halides is 1. The number of rotatable bonds is 5. The van der Waals surface area contributed by atoms with E-state index in [4.69, 9.17) is 4.74 Å². The third kappa shape index (κ3) is 2.82. The molecule has 2 bridgehead atoms. The fraction of sp³-hybridized carbons (Fsp3) is 0.667. The van der Waals surface area contributed by atoms with Crippen LogP contribution in [0, 0.1) is 11.3 Å². The molecular weight excluding hydrogens is 312 g/mol. The summed E-state index contributed by atoms with van der Waals surface area (Å²) in [5.41, 5.74) is 1.54. The van der Waals surface area contributed by atoms with Crippen LogP contribution in [0.3, 0.4) is 0 Å². The maximum Gasteiger partial charge on any atom is 0.0880 e. The number of allylic oxidation sites excluding steroid dienone is 3. The van der Waals surface area contributed by atoms with Crippen LogP contribution in [-0.4, -0.2) is 17.0 Å². The number of ether oxygens (including phenoxy) is 1. The molecule has 2 saturated heterocycles. The highest BCUT2D eigenvalue weighted by Gasteiger charge is 2.55. The molecular formula is C18H27BrO. The second kappa shape index (κ2) is 6.19. The smallest absolute Gasteiger partial charge is 0.0880 e. The molecule has 1 nitrogen and oxygen atoms in total. The van der Waals surface area contributed by atoms with Crippen molar-refractivity contribution < 1.29 is 4.74 Å². The molecule has 0 aromatic carbocycles. The number of halogens is 1. The second-order valence-corrected chi connectivity index (χ2v) is 7.55. The van der Waals surface area contributed by atoms with Crippen LogP contribution in [0.25, 0.3) is 0 Å². The van der Waals surface area contributed by atoms with Crippen molar-refractivity contribution in [3.8, 4) is 0 Å². The summed E-state index contributed by atoms with van der Waals surface area (Å²) in [5.74, 6) is 0.559. The fourth-order valence-corrected chi connectivity index (χ4v) is 4.27. The Kier molecular flexibility index (Phi) is 4.96. The first-order chi connectivity index (χ1) is 9.45. The van der Waals surface area contributed by atoms with Crippen LogP contribution in [0.5, 0.6) is 0 Å². The molecule has 3 rings (SSSR count). The molecule has 0 spiro atoms. The molecule has 1 saturated carbocycles. The van der Waals surface area contributed by atoms with Gasteiger partial charge in [-0.25, -0.2) is 0 Å². The van der Waals surface area contributed by atoms with Crippen molar-refractivity contribution in [2.45, 2.75) is 58.2 Å². The van der Waals surface area contributed by atoms with Gasteiger partial charge >= 0.3 is 0 Å². The van der Waals surface area contributed by atoms with E-state index in [0.29, 0.717) is 5.92 Å². The summed E-state index contributed by atoms with van der Waals surface area (Å²) in [6, 6.07) is 0. The lowest BCUT2D eigenvalue weighted by molar-refractivity contribution is -0.169. The summed E-state index contributed by atoms with van der Waals surface area (Å²) >= 11 is 3.47. The van der Waals surface area contributed by atoms with Gasteiger partial charge in [0.1, 0.15) is 0 Å². The summed E-state index contributed by atoms with van der Waals surface area (Å²) in [5, 5.41) is 1.07. The predicted molar refractivity (Wildman–Crippen MR) is 90.2 cm³/mol. The van der Waals surface area contributed by atoms with E-state index in [0.717, 1.165) is 18.2 Å². The molecule has 0 unspecified atom stereocenters. The SMILES string of the molecule is C=C[C@@H]1O[C@]2(C)CC[C@H]1C(C)(C)/C2=C/C=C/CCCBr. The Balaban J connectivity index is 2.22. The van der Waals surface area contributed by atoms with Crippen molar-refractivity contribution in [1.82, 2.24) is 0 Å². The van der Waals surface area contributed by atoms with E-state index >= 15 is 0 Å². The summed E-state index contributed by atoms with van der Waals surface area (Å²) in [6.45, 7) is 10.9. The summed E-state index contributed by atoms with van der Waals surface area (Å²) in [4.78, 5) is 0. The minimum atomic E-state index is -0.114. The first kappa shape index (κ1) is 16.0. The van der Waals surface area contributed by atoms with Crippen molar-refractivity contribution in [3.63, 3.8) is 0 Å². The van der Waals surface area contributed by atoms with Crippen molar-refractivity contribution in [1.29, 1.82) is 0 Å². The van der Waals surface area contributed by atoms with E-state index in [2.05, 4.69) is 61.5 Å². The van der Waals surface area contributed by atoms with Gasteiger partial charge in [-0.3, -0.25) is 0 Å². The Hall–Kier alpha value is -0.340. The van der Waals surface area contributed by atoms with E-state index in [-0.39, 0.29) is 17.1 Å². The molecule has 0 N–H and O–H groups in total. The lowest BCUT2D eigenvalue weighted by Crippen LogP contribution is -2.57. The third-order valence-corrected chi connectivity index (χ3v) is 5.61. The van der Waals surface area contributed by atoms with E-state index < -0.39 is 0 Å². The average Bonchev–Trinajstić information content (AvgIpc) is 2.40. The molecule has 20 heavy (non-hydrogen) atoms. The minimum Gasteiger partial charge on any atom is -0.363 e. The van der Waals surface area contributed by atoms with Crippen LogP contribution in [0.4, 0.5) is 0 Å². The Morgan fingerprint density at radius 2 is 2.15 bits per heavy atom. The Morgan fingerprint density at radius 3 is 2.75 bits per heavy atom. The Morgan fingerprint density at radius 1 is 1.40 bits per heavy atom. The maximum atomic E-state index is 6.32. The Bertz CT molecular complexity index is 414. The van der Waals surface area contributed by atoms with Gasteiger partial charge in [-0.15, -0.1) is 6.58 Å². The zero-order valence-corrected chi connectivity index (χ0v) is 14.6. The lowest BCUT2D eigenvalue weighted by atomic mass is 9.56. The van der Waals surface area contributed by atoms with Gasteiger partial charge in [-0.05, 0) is 49.5 Å². The van der Waals surface area contributed by atoms with Gasteiger partial charge in [0.25, 0.3) is 0 Å². The fourth-order valence-electron chi connectivity index (χ4n) is 3.95. The highest BCUT2D eigenvalue weighted by atomic mass is 79.9. The standard InChI is InChI=1S/C18H27BrO/c1-5-15-14-11-12-18(4,20-15)16(17(14,2)3)10-8-6-7-9-13-19/h5-6,8,10,14-15H,1,7,9,11-13H2,2-4H3/b8-6+,16-10-/t14-,15+,18-/m1/s1. The first-order valence-electron chi connectivity index (χ1n) is 7.70. The quantitative estimate of drug-likeness (QED) is 0.369. The zero-order valence-electron chi connectivity index (χ0n) is 13.0. The van der Waals surface area contributed by atoms with Gasteiger partial charge in [-0.2, -0.15) is 0 Å². The van der Waals surface area contributed by atoms with Gasteiger partial charge in [0.15, 0.2) is 0 Å². The van der Waals surface area contributed by atoms with E-state index in [1.54, 1.807) is 0 Å². The number of fused-ring (bicyclic) bond motifs is 3. The minimum absolute atomic E-state index is 0.114. The number of hydrogen-bond donors (Lipinski definition) is 0. The topological polar surface area (TPSA) is 9.23 Å². The molecule has 0 aromatic rings. The first-order valence-corrected chi connectivity index (χ1v) is 8.82. The lowest BCUT2D eigenvalue weighted by Gasteiger charge is -2.58. The molecule has 0 aromatic heterocycles. The molecule has 1 aliphatic carbocycles. The van der Waals surface area contributed by atoms with Crippen LogP contribution in [0.2, 0.25) is 0 Å². The molecule has 112 valence electrons. The molecule has 3 fully saturated rings. The van der Waals surface area contributed by atoms with Crippen LogP contribution in [0.1, 0.15) is 46.5 Å². The normalized spacial score (nSPS) is 37.7. The molecule has 3 aliphatic rings. The summed E-state index contributed by atoms with van der Waals surface area (Å²) < 4.78 is 6.32. The van der Waals surface area contributed by atoms with Crippen molar-refractivity contribution in [3.05, 3.63) is 36.5 Å². The molecule has 2 aliphatic heterocycles. The maximum absolute atomic E-state index is 6.32. The van der Waals surface area contributed by atoms with Crippen molar-refractivity contribution >= 4 is 15.9 Å². The van der Waals surface area contributed by atoms with Crippen LogP contribution < -0.4 is 0 Å². The highest BCUT2D eigenvalue weighted by Crippen LogP contribution is 2.57. The van der Waals surface area contributed by atoms with E-state index in [1.165, 1.54) is 18.4 Å². The predicted octanol–water partition coefficient (Wildman–Crippen LogP) is 5.42. The van der Waals surface area contributed by atoms with E-state index in [9.17, 15) is 0 Å². The van der Waals surface area contributed by atoms with Gasteiger partial charge < -0.3 is 4.74 Å². The van der Waals surface area contributed by atoms with Crippen molar-refractivity contribution in [2.75, 3.05) is 5.33 Å².